The van der Waals surface area contributed by atoms with Crippen molar-refractivity contribution in [3.8, 4) is 0 Å². The van der Waals surface area contributed by atoms with Crippen molar-refractivity contribution in [3.05, 3.63) is 11.4 Å². The van der Waals surface area contributed by atoms with Crippen molar-refractivity contribution < 1.29 is 4.74 Å². The molecule has 0 fully saturated rings. The molecule has 0 saturated heterocycles. The Labute approximate surface area is 122 Å². The fourth-order valence-corrected chi connectivity index (χ4v) is 1.92. The van der Waals surface area contributed by atoms with E-state index >= 15 is 0 Å². The molecule has 0 aliphatic carbocycles. The summed E-state index contributed by atoms with van der Waals surface area (Å²) in [5.74, 6) is 3.20. The highest BCUT2D eigenvalue weighted by atomic mass is 16.5. The molecule has 0 aliphatic heterocycles. The molecule has 0 spiro atoms. The van der Waals surface area contributed by atoms with Gasteiger partial charge >= 0.3 is 0 Å². The standard InChI is InChI=1S/C15H28N4O/c1-6-8-16-14-12(4)15(19-13(7-2)18-14)17-9-11(3)10-20-5/h11H,6-10H2,1-5H3,(H2,16,17,18,19). The number of nitrogens with one attached hydrogen (secondary N) is 2. The number of hydrogen-bond acceptors (Lipinski definition) is 5. The van der Waals surface area contributed by atoms with Crippen LogP contribution in [0.5, 0.6) is 0 Å². The number of methoxy groups -OCH3 is 1. The van der Waals surface area contributed by atoms with Gasteiger partial charge in [0.15, 0.2) is 0 Å². The molecule has 1 unspecified atom stereocenters. The third kappa shape index (κ3) is 4.96. The van der Waals surface area contributed by atoms with Gasteiger partial charge in [-0.2, -0.15) is 0 Å². The summed E-state index contributed by atoms with van der Waals surface area (Å²) in [5, 5.41) is 6.79. The number of aromatic nitrogens is 2. The summed E-state index contributed by atoms with van der Waals surface area (Å²) < 4.78 is 5.16. The fourth-order valence-electron chi connectivity index (χ4n) is 1.92. The smallest absolute Gasteiger partial charge is 0.134 e. The minimum atomic E-state index is 0.450. The number of ether oxygens (including phenoxy) is 1. The lowest BCUT2D eigenvalue weighted by Gasteiger charge is -2.16. The lowest BCUT2D eigenvalue weighted by atomic mass is 10.2. The van der Waals surface area contributed by atoms with Crippen LogP contribution in [0, 0.1) is 12.8 Å². The number of rotatable bonds is 9. The normalized spacial score (nSPS) is 12.2. The molecule has 0 radical (unpaired) electrons. The first-order valence-electron chi connectivity index (χ1n) is 7.46. The second-order valence-corrected chi connectivity index (χ2v) is 5.18. The molecular formula is C15H28N4O. The van der Waals surface area contributed by atoms with Crippen molar-refractivity contribution in [1.29, 1.82) is 0 Å². The van der Waals surface area contributed by atoms with Gasteiger partial charge in [-0.1, -0.05) is 20.8 Å². The van der Waals surface area contributed by atoms with Crippen molar-refractivity contribution in [3.63, 3.8) is 0 Å². The zero-order chi connectivity index (χ0) is 15.0. The zero-order valence-electron chi connectivity index (χ0n) is 13.4. The van der Waals surface area contributed by atoms with Gasteiger partial charge in [0.1, 0.15) is 17.5 Å². The topological polar surface area (TPSA) is 59.1 Å². The maximum atomic E-state index is 5.16. The van der Waals surface area contributed by atoms with Gasteiger partial charge < -0.3 is 15.4 Å². The van der Waals surface area contributed by atoms with Gasteiger partial charge in [-0.05, 0) is 19.3 Å². The number of aryl methyl sites for hydroxylation is 1. The number of anilines is 2. The van der Waals surface area contributed by atoms with E-state index in [-0.39, 0.29) is 0 Å². The molecule has 20 heavy (non-hydrogen) atoms. The lowest BCUT2D eigenvalue weighted by Crippen LogP contribution is -2.18. The highest BCUT2D eigenvalue weighted by Crippen LogP contribution is 2.20. The van der Waals surface area contributed by atoms with Crippen molar-refractivity contribution in [1.82, 2.24) is 9.97 Å². The van der Waals surface area contributed by atoms with Gasteiger partial charge in [-0.3, -0.25) is 0 Å². The van der Waals surface area contributed by atoms with E-state index < -0.39 is 0 Å². The van der Waals surface area contributed by atoms with E-state index in [0.29, 0.717) is 5.92 Å². The minimum absolute atomic E-state index is 0.450. The van der Waals surface area contributed by atoms with Crippen molar-refractivity contribution in [2.24, 2.45) is 5.92 Å². The summed E-state index contributed by atoms with van der Waals surface area (Å²) in [4.78, 5) is 9.15. The Morgan fingerprint density at radius 2 is 1.80 bits per heavy atom. The second kappa shape index (κ2) is 8.74. The minimum Gasteiger partial charge on any atom is -0.384 e. The monoisotopic (exact) mass is 280 g/mol. The fraction of sp³-hybridized carbons (Fsp3) is 0.733. The summed E-state index contributed by atoms with van der Waals surface area (Å²) >= 11 is 0. The Kier molecular flexibility index (Phi) is 7.30. The summed E-state index contributed by atoms with van der Waals surface area (Å²) in [6.45, 7) is 11.0. The van der Waals surface area contributed by atoms with Crippen LogP contribution in [-0.2, 0) is 11.2 Å². The van der Waals surface area contributed by atoms with Gasteiger partial charge in [0.25, 0.3) is 0 Å². The summed E-state index contributed by atoms with van der Waals surface area (Å²) in [6.07, 6.45) is 1.92. The van der Waals surface area contributed by atoms with Gasteiger partial charge in [0, 0.05) is 32.2 Å². The Bertz CT molecular complexity index is 409. The first-order chi connectivity index (χ1) is 9.62. The van der Waals surface area contributed by atoms with E-state index in [1.807, 2.05) is 0 Å². The highest BCUT2D eigenvalue weighted by Gasteiger charge is 2.11. The van der Waals surface area contributed by atoms with Crippen LogP contribution in [0.15, 0.2) is 0 Å². The Morgan fingerprint density at radius 3 is 2.35 bits per heavy atom. The average molecular weight is 280 g/mol. The first kappa shape index (κ1) is 16.7. The Morgan fingerprint density at radius 1 is 1.15 bits per heavy atom. The van der Waals surface area contributed by atoms with Crippen LogP contribution in [0.2, 0.25) is 0 Å². The van der Waals surface area contributed by atoms with Gasteiger partial charge in [-0.25, -0.2) is 9.97 Å². The molecule has 1 rings (SSSR count). The third-order valence-corrected chi connectivity index (χ3v) is 3.12. The summed E-state index contributed by atoms with van der Waals surface area (Å²) in [7, 11) is 1.73. The molecule has 114 valence electrons. The number of hydrogen-bond donors (Lipinski definition) is 2. The van der Waals surface area contributed by atoms with Crippen LogP contribution in [0.1, 0.15) is 38.6 Å². The van der Waals surface area contributed by atoms with Crippen LogP contribution in [-0.4, -0.2) is 36.8 Å². The lowest BCUT2D eigenvalue weighted by molar-refractivity contribution is 0.164. The molecule has 0 saturated carbocycles. The van der Waals surface area contributed by atoms with Crippen LogP contribution in [0.4, 0.5) is 11.6 Å². The molecule has 0 bridgehead atoms. The van der Waals surface area contributed by atoms with E-state index in [9.17, 15) is 0 Å². The van der Waals surface area contributed by atoms with Crippen LogP contribution < -0.4 is 10.6 Å². The van der Waals surface area contributed by atoms with E-state index in [2.05, 4.69) is 48.3 Å². The highest BCUT2D eigenvalue weighted by molar-refractivity contribution is 5.57. The largest absolute Gasteiger partial charge is 0.384 e. The SMILES string of the molecule is CCCNc1nc(CC)nc(NCC(C)COC)c1C. The van der Waals surface area contributed by atoms with Gasteiger partial charge in [0.05, 0.1) is 6.61 Å². The van der Waals surface area contributed by atoms with E-state index in [4.69, 9.17) is 4.74 Å². The third-order valence-electron chi connectivity index (χ3n) is 3.12. The molecule has 5 heteroatoms. The average Bonchev–Trinajstić information content (AvgIpc) is 2.45. The van der Waals surface area contributed by atoms with Gasteiger partial charge in [0.2, 0.25) is 0 Å². The predicted molar refractivity (Wildman–Crippen MR) is 84.5 cm³/mol. The van der Waals surface area contributed by atoms with Crippen molar-refractivity contribution in [2.75, 3.05) is 37.4 Å². The van der Waals surface area contributed by atoms with Crippen LogP contribution in [0.3, 0.4) is 0 Å². The molecule has 1 aromatic rings. The molecule has 5 nitrogen and oxygen atoms in total. The Hall–Kier alpha value is -1.36. The second-order valence-electron chi connectivity index (χ2n) is 5.18. The van der Waals surface area contributed by atoms with Crippen LogP contribution in [0.25, 0.3) is 0 Å². The van der Waals surface area contributed by atoms with Gasteiger partial charge in [-0.15, -0.1) is 0 Å². The maximum absolute atomic E-state index is 5.16. The summed E-state index contributed by atoms with van der Waals surface area (Å²) in [6, 6.07) is 0. The summed E-state index contributed by atoms with van der Waals surface area (Å²) in [5.41, 5.74) is 1.08. The quantitative estimate of drug-likeness (QED) is 0.728. The first-order valence-corrected chi connectivity index (χ1v) is 7.46. The predicted octanol–water partition coefficient (Wildman–Crippen LogP) is 2.86. The van der Waals surface area contributed by atoms with Crippen molar-refractivity contribution in [2.45, 2.75) is 40.5 Å². The van der Waals surface area contributed by atoms with E-state index in [0.717, 1.165) is 55.6 Å². The molecule has 0 amide bonds. The molecular weight excluding hydrogens is 252 g/mol. The molecule has 0 aromatic carbocycles. The van der Waals surface area contributed by atoms with Crippen LogP contribution >= 0.6 is 0 Å². The molecule has 1 aromatic heterocycles. The number of nitrogens with zero attached hydrogens (tertiary/aromatic N) is 2. The maximum Gasteiger partial charge on any atom is 0.134 e. The Balaban J connectivity index is 2.82. The molecule has 1 atom stereocenters. The molecule has 1 heterocycles. The van der Waals surface area contributed by atoms with Crippen molar-refractivity contribution >= 4 is 11.6 Å². The van der Waals surface area contributed by atoms with E-state index in [1.54, 1.807) is 7.11 Å². The zero-order valence-corrected chi connectivity index (χ0v) is 13.4. The molecule has 0 aliphatic rings. The van der Waals surface area contributed by atoms with E-state index in [1.165, 1.54) is 0 Å². The molecule has 2 N–H and O–H groups in total.